The summed E-state index contributed by atoms with van der Waals surface area (Å²) in [5.41, 5.74) is 2.11. The van der Waals surface area contributed by atoms with Gasteiger partial charge in [-0.2, -0.15) is 0 Å². The van der Waals surface area contributed by atoms with Crippen molar-refractivity contribution in [2.75, 3.05) is 7.05 Å². The van der Waals surface area contributed by atoms with Crippen LogP contribution in [0.25, 0.3) is 0 Å². The number of hydrogen-bond donors (Lipinski definition) is 2. The Hall–Kier alpha value is -1.84. The molecular formula is C16H19NO2. The molecule has 1 unspecified atom stereocenters. The van der Waals surface area contributed by atoms with Crippen molar-refractivity contribution >= 4 is 0 Å². The van der Waals surface area contributed by atoms with Crippen LogP contribution in [0.15, 0.2) is 48.5 Å². The number of benzene rings is 2. The minimum atomic E-state index is 0.0525. The van der Waals surface area contributed by atoms with Crippen LogP contribution < -0.4 is 10.1 Å². The SMILES string of the molecule is CNC(C)c1ccc(Oc2ccc(CO)cc2)cc1. The number of aliphatic hydroxyl groups is 1. The van der Waals surface area contributed by atoms with Gasteiger partial charge in [0.2, 0.25) is 0 Å². The number of nitrogens with one attached hydrogen (secondary N) is 1. The molecule has 3 heteroatoms. The lowest BCUT2D eigenvalue weighted by atomic mass is 10.1. The monoisotopic (exact) mass is 257 g/mol. The van der Waals surface area contributed by atoms with Crippen LogP contribution in [0.2, 0.25) is 0 Å². The normalized spacial score (nSPS) is 12.2. The fraction of sp³-hybridized carbons (Fsp3) is 0.250. The number of ether oxygens (including phenoxy) is 1. The first kappa shape index (κ1) is 13.6. The molecule has 0 amide bonds. The molecule has 100 valence electrons. The van der Waals surface area contributed by atoms with Gasteiger partial charge in [0.1, 0.15) is 11.5 Å². The van der Waals surface area contributed by atoms with E-state index < -0.39 is 0 Å². The molecule has 0 bridgehead atoms. The van der Waals surface area contributed by atoms with E-state index in [-0.39, 0.29) is 6.61 Å². The molecule has 0 saturated carbocycles. The molecular weight excluding hydrogens is 238 g/mol. The minimum Gasteiger partial charge on any atom is -0.457 e. The molecule has 0 aliphatic carbocycles. The molecule has 0 fully saturated rings. The highest BCUT2D eigenvalue weighted by molar-refractivity contribution is 5.35. The Balaban J connectivity index is 2.06. The topological polar surface area (TPSA) is 41.5 Å². The Morgan fingerprint density at radius 2 is 1.53 bits per heavy atom. The van der Waals surface area contributed by atoms with E-state index in [0.29, 0.717) is 6.04 Å². The lowest BCUT2D eigenvalue weighted by Crippen LogP contribution is -2.11. The summed E-state index contributed by atoms with van der Waals surface area (Å²) >= 11 is 0. The van der Waals surface area contributed by atoms with Gasteiger partial charge in [-0.3, -0.25) is 0 Å². The Labute approximate surface area is 113 Å². The van der Waals surface area contributed by atoms with E-state index in [0.717, 1.165) is 17.1 Å². The van der Waals surface area contributed by atoms with E-state index in [1.165, 1.54) is 5.56 Å². The van der Waals surface area contributed by atoms with Gasteiger partial charge in [-0.15, -0.1) is 0 Å². The third-order valence-electron chi connectivity index (χ3n) is 3.15. The van der Waals surface area contributed by atoms with Crippen LogP contribution in [0.3, 0.4) is 0 Å². The molecule has 2 rings (SSSR count). The van der Waals surface area contributed by atoms with Gasteiger partial charge in [0.15, 0.2) is 0 Å². The molecule has 0 aliphatic heterocycles. The Morgan fingerprint density at radius 1 is 1.00 bits per heavy atom. The summed E-state index contributed by atoms with van der Waals surface area (Å²) in [7, 11) is 1.94. The summed E-state index contributed by atoms with van der Waals surface area (Å²) in [6.07, 6.45) is 0. The van der Waals surface area contributed by atoms with Gasteiger partial charge in [0.05, 0.1) is 6.61 Å². The van der Waals surface area contributed by atoms with Gasteiger partial charge in [-0.25, -0.2) is 0 Å². The van der Waals surface area contributed by atoms with E-state index in [9.17, 15) is 0 Å². The maximum atomic E-state index is 8.98. The molecule has 2 aromatic rings. The smallest absolute Gasteiger partial charge is 0.127 e. The van der Waals surface area contributed by atoms with Crippen LogP contribution >= 0.6 is 0 Å². The van der Waals surface area contributed by atoms with Gasteiger partial charge >= 0.3 is 0 Å². The maximum Gasteiger partial charge on any atom is 0.127 e. The first-order chi connectivity index (χ1) is 9.22. The van der Waals surface area contributed by atoms with Crippen molar-refractivity contribution in [1.82, 2.24) is 5.32 Å². The average molecular weight is 257 g/mol. The lowest BCUT2D eigenvalue weighted by Gasteiger charge is -2.11. The number of aliphatic hydroxyl groups excluding tert-OH is 1. The summed E-state index contributed by atoms with van der Waals surface area (Å²) in [4.78, 5) is 0. The first-order valence-electron chi connectivity index (χ1n) is 6.38. The number of rotatable bonds is 5. The number of hydrogen-bond acceptors (Lipinski definition) is 3. The van der Waals surface area contributed by atoms with Crippen molar-refractivity contribution < 1.29 is 9.84 Å². The Morgan fingerprint density at radius 3 is 2.00 bits per heavy atom. The van der Waals surface area contributed by atoms with Crippen molar-refractivity contribution in [3.05, 3.63) is 59.7 Å². The average Bonchev–Trinajstić information content (AvgIpc) is 2.48. The molecule has 0 spiro atoms. The quantitative estimate of drug-likeness (QED) is 0.864. The third-order valence-corrected chi connectivity index (χ3v) is 3.15. The van der Waals surface area contributed by atoms with Gasteiger partial charge in [0.25, 0.3) is 0 Å². The van der Waals surface area contributed by atoms with Gasteiger partial charge in [-0.05, 0) is 49.4 Å². The Bertz CT molecular complexity index is 505. The van der Waals surface area contributed by atoms with Crippen LogP contribution in [0.1, 0.15) is 24.1 Å². The fourth-order valence-corrected chi connectivity index (χ4v) is 1.79. The van der Waals surface area contributed by atoms with Crippen LogP contribution in [-0.4, -0.2) is 12.2 Å². The summed E-state index contributed by atoms with van der Waals surface area (Å²) < 4.78 is 5.74. The van der Waals surface area contributed by atoms with E-state index in [1.54, 1.807) is 0 Å². The molecule has 0 saturated heterocycles. The van der Waals surface area contributed by atoms with Crippen molar-refractivity contribution in [3.8, 4) is 11.5 Å². The highest BCUT2D eigenvalue weighted by atomic mass is 16.5. The summed E-state index contributed by atoms with van der Waals surface area (Å²) in [5, 5.41) is 12.2. The maximum absolute atomic E-state index is 8.98. The van der Waals surface area contributed by atoms with Crippen LogP contribution in [-0.2, 0) is 6.61 Å². The largest absolute Gasteiger partial charge is 0.457 e. The molecule has 3 nitrogen and oxygen atoms in total. The zero-order chi connectivity index (χ0) is 13.7. The van der Waals surface area contributed by atoms with Crippen molar-refractivity contribution in [3.63, 3.8) is 0 Å². The zero-order valence-corrected chi connectivity index (χ0v) is 11.3. The molecule has 2 N–H and O–H groups in total. The van der Waals surface area contributed by atoms with E-state index in [2.05, 4.69) is 24.4 Å². The van der Waals surface area contributed by atoms with Crippen LogP contribution in [0.4, 0.5) is 0 Å². The molecule has 0 radical (unpaired) electrons. The lowest BCUT2D eigenvalue weighted by molar-refractivity contribution is 0.281. The summed E-state index contributed by atoms with van der Waals surface area (Å²) in [5.74, 6) is 1.58. The Kier molecular flexibility index (Phi) is 4.55. The van der Waals surface area contributed by atoms with Gasteiger partial charge < -0.3 is 15.2 Å². The van der Waals surface area contributed by atoms with Gasteiger partial charge in [0, 0.05) is 6.04 Å². The molecule has 2 aromatic carbocycles. The predicted molar refractivity (Wildman–Crippen MR) is 76.4 cm³/mol. The predicted octanol–water partition coefficient (Wildman–Crippen LogP) is 3.25. The molecule has 19 heavy (non-hydrogen) atoms. The van der Waals surface area contributed by atoms with E-state index in [1.807, 2.05) is 43.4 Å². The second-order valence-corrected chi connectivity index (χ2v) is 4.48. The zero-order valence-electron chi connectivity index (χ0n) is 11.3. The second kappa shape index (κ2) is 6.36. The fourth-order valence-electron chi connectivity index (χ4n) is 1.79. The van der Waals surface area contributed by atoms with Crippen molar-refractivity contribution in [2.24, 2.45) is 0 Å². The highest BCUT2D eigenvalue weighted by Crippen LogP contribution is 2.23. The second-order valence-electron chi connectivity index (χ2n) is 4.48. The van der Waals surface area contributed by atoms with Gasteiger partial charge in [-0.1, -0.05) is 24.3 Å². The highest BCUT2D eigenvalue weighted by Gasteiger charge is 2.03. The van der Waals surface area contributed by atoms with Crippen LogP contribution in [0, 0.1) is 0 Å². The molecule has 0 aliphatic rings. The standard InChI is InChI=1S/C16H19NO2/c1-12(17-2)14-5-9-16(10-6-14)19-15-7-3-13(11-18)4-8-15/h3-10,12,17-18H,11H2,1-2H3. The van der Waals surface area contributed by atoms with Crippen LogP contribution in [0.5, 0.6) is 11.5 Å². The van der Waals surface area contributed by atoms with E-state index >= 15 is 0 Å². The molecule has 1 atom stereocenters. The minimum absolute atomic E-state index is 0.0525. The third kappa shape index (κ3) is 3.56. The molecule has 0 heterocycles. The summed E-state index contributed by atoms with van der Waals surface area (Å²) in [6, 6.07) is 15.8. The van der Waals surface area contributed by atoms with Crippen molar-refractivity contribution in [2.45, 2.75) is 19.6 Å². The molecule has 0 aromatic heterocycles. The van der Waals surface area contributed by atoms with Crippen molar-refractivity contribution in [1.29, 1.82) is 0 Å². The van der Waals surface area contributed by atoms with E-state index in [4.69, 9.17) is 9.84 Å². The summed E-state index contributed by atoms with van der Waals surface area (Å²) in [6.45, 7) is 2.17. The first-order valence-corrected chi connectivity index (χ1v) is 6.38.